The quantitative estimate of drug-likeness (QED) is 0.466. The van der Waals surface area contributed by atoms with E-state index in [1.807, 2.05) is 54.8 Å². The van der Waals surface area contributed by atoms with Crippen LogP contribution in [0.25, 0.3) is 22.0 Å². The van der Waals surface area contributed by atoms with Crippen LogP contribution in [-0.2, 0) is 21.2 Å². The van der Waals surface area contributed by atoms with Gasteiger partial charge in [-0.25, -0.2) is 13.4 Å². The molecule has 5 rings (SSSR count). The van der Waals surface area contributed by atoms with Gasteiger partial charge in [0.25, 0.3) is 10.0 Å². The number of benzene rings is 3. The Labute approximate surface area is 190 Å². The summed E-state index contributed by atoms with van der Waals surface area (Å²) in [7, 11) is -3.73. The third-order valence-corrected chi connectivity index (χ3v) is 8.15. The van der Waals surface area contributed by atoms with E-state index in [-0.39, 0.29) is 17.3 Å². The SMILES string of the molecule is Cc1nc(-c2ccc(CCNC(=O)CN3c4cccc5cccc(c45)S3(=O)=O)cc2)cs1. The number of thiazole rings is 1. The van der Waals surface area contributed by atoms with E-state index in [1.54, 1.807) is 29.5 Å². The molecule has 6 nitrogen and oxygen atoms in total. The molecule has 0 radical (unpaired) electrons. The molecule has 0 saturated heterocycles. The zero-order valence-electron chi connectivity index (χ0n) is 17.4. The Morgan fingerprint density at radius 3 is 2.53 bits per heavy atom. The summed E-state index contributed by atoms with van der Waals surface area (Å²) in [6.07, 6.45) is 0.657. The molecule has 1 aromatic heterocycles. The van der Waals surface area contributed by atoms with Crippen molar-refractivity contribution in [1.29, 1.82) is 0 Å². The lowest BCUT2D eigenvalue weighted by Crippen LogP contribution is -2.39. The molecule has 0 fully saturated rings. The van der Waals surface area contributed by atoms with Crippen LogP contribution < -0.4 is 9.62 Å². The molecule has 3 aromatic carbocycles. The smallest absolute Gasteiger partial charge is 0.265 e. The summed E-state index contributed by atoms with van der Waals surface area (Å²) in [5.41, 5.74) is 3.68. The lowest BCUT2D eigenvalue weighted by molar-refractivity contribution is -0.119. The summed E-state index contributed by atoms with van der Waals surface area (Å²) in [6, 6.07) is 18.7. The number of carbonyl (C=O) groups is 1. The number of hydrogen-bond donors (Lipinski definition) is 1. The van der Waals surface area contributed by atoms with Crippen LogP contribution in [0.3, 0.4) is 0 Å². The molecule has 1 aliphatic rings. The van der Waals surface area contributed by atoms with Crippen molar-refractivity contribution in [3.8, 4) is 11.3 Å². The van der Waals surface area contributed by atoms with Gasteiger partial charge in [-0.05, 0) is 36.4 Å². The number of anilines is 1. The number of nitrogens with one attached hydrogen (secondary N) is 1. The van der Waals surface area contributed by atoms with Crippen molar-refractivity contribution in [2.24, 2.45) is 0 Å². The normalized spacial score (nSPS) is 14.1. The van der Waals surface area contributed by atoms with E-state index in [4.69, 9.17) is 0 Å². The molecule has 0 atom stereocenters. The minimum absolute atomic E-state index is 0.238. The summed E-state index contributed by atoms with van der Waals surface area (Å²) in [6.45, 7) is 2.18. The van der Waals surface area contributed by atoms with E-state index in [0.29, 0.717) is 24.0 Å². The van der Waals surface area contributed by atoms with Crippen molar-refractivity contribution in [2.75, 3.05) is 17.4 Å². The number of rotatable bonds is 6. The fourth-order valence-corrected chi connectivity index (χ4v) is 6.29. The summed E-state index contributed by atoms with van der Waals surface area (Å²) in [4.78, 5) is 17.3. The molecule has 0 spiro atoms. The molecule has 4 aromatic rings. The van der Waals surface area contributed by atoms with Crippen LogP contribution in [0.1, 0.15) is 10.6 Å². The molecule has 162 valence electrons. The minimum Gasteiger partial charge on any atom is -0.354 e. The van der Waals surface area contributed by atoms with Crippen molar-refractivity contribution in [2.45, 2.75) is 18.2 Å². The highest BCUT2D eigenvalue weighted by atomic mass is 32.2. The van der Waals surface area contributed by atoms with Gasteiger partial charge >= 0.3 is 0 Å². The van der Waals surface area contributed by atoms with Gasteiger partial charge in [0.1, 0.15) is 6.54 Å². The highest BCUT2D eigenvalue weighted by molar-refractivity contribution is 7.93. The van der Waals surface area contributed by atoms with E-state index in [0.717, 1.165) is 27.2 Å². The Kier molecular flexibility index (Phi) is 5.19. The minimum atomic E-state index is -3.73. The maximum Gasteiger partial charge on any atom is 0.265 e. The topological polar surface area (TPSA) is 79.4 Å². The number of amides is 1. The second kappa shape index (κ2) is 8.03. The lowest BCUT2D eigenvalue weighted by Gasteiger charge is -2.18. The number of aromatic nitrogens is 1. The molecule has 0 saturated carbocycles. The highest BCUT2D eigenvalue weighted by Crippen LogP contribution is 2.41. The van der Waals surface area contributed by atoms with Crippen molar-refractivity contribution in [1.82, 2.24) is 10.3 Å². The van der Waals surface area contributed by atoms with Gasteiger partial charge in [-0.2, -0.15) is 0 Å². The second-order valence-corrected chi connectivity index (χ2v) is 10.6. The van der Waals surface area contributed by atoms with Gasteiger partial charge in [0, 0.05) is 22.9 Å². The van der Waals surface area contributed by atoms with Gasteiger partial charge in [-0.1, -0.05) is 48.5 Å². The Morgan fingerprint density at radius 2 is 1.81 bits per heavy atom. The van der Waals surface area contributed by atoms with Gasteiger partial charge < -0.3 is 5.32 Å². The Bertz CT molecular complexity index is 1420. The van der Waals surface area contributed by atoms with E-state index >= 15 is 0 Å². The van der Waals surface area contributed by atoms with Crippen molar-refractivity contribution in [3.05, 3.63) is 76.6 Å². The van der Waals surface area contributed by atoms with Gasteiger partial charge in [0.2, 0.25) is 5.91 Å². The summed E-state index contributed by atoms with van der Waals surface area (Å²) >= 11 is 1.62. The maximum atomic E-state index is 13.0. The molecular weight excluding hydrogens is 442 g/mol. The van der Waals surface area contributed by atoms with Crippen molar-refractivity contribution in [3.63, 3.8) is 0 Å². The van der Waals surface area contributed by atoms with Crippen molar-refractivity contribution < 1.29 is 13.2 Å². The zero-order chi connectivity index (χ0) is 22.3. The fraction of sp³-hybridized carbons (Fsp3) is 0.167. The van der Waals surface area contributed by atoms with E-state index < -0.39 is 10.0 Å². The first-order valence-electron chi connectivity index (χ1n) is 10.3. The Hall–Kier alpha value is -3.23. The standard InChI is InChI=1S/C24H21N3O3S2/c1-16-26-20(15-31-16)18-10-8-17(9-11-18)12-13-25-23(28)14-27-21-6-2-4-19-5-3-7-22(24(19)21)32(27,29)30/h2-11,15H,12-14H2,1H3,(H,25,28). The third kappa shape index (κ3) is 3.65. The predicted octanol–water partition coefficient (Wildman–Crippen LogP) is 4.14. The molecule has 0 aliphatic carbocycles. The average molecular weight is 464 g/mol. The molecule has 1 amide bonds. The second-order valence-electron chi connectivity index (χ2n) is 7.69. The van der Waals surface area contributed by atoms with Crippen LogP contribution in [-0.4, -0.2) is 32.4 Å². The molecule has 8 heteroatoms. The van der Waals surface area contributed by atoms with Gasteiger partial charge in [-0.15, -0.1) is 11.3 Å². The number of aryl methyl sites for hydroxylation is 1. The van der Waals surface area contributed by atoms with Crippen LogP contribution in [0.5, 0.6) is 0 Å². The summed E-state index contributed by atoms with van der Waals surface area (Å²) < 4.78 is 27.2. The van der Waals surface area contributed by atoms with E-state index in [9.17, 15) is 13.2 Å². The fourth-order valence-electron chi connectivity index (χ4n) is 4.00. The Balaban J connectivity index is 1.22. The van der Waals surface area contributed by atoms with Gasteiger partial charge in [-0.3, -0.25) is 9.10 Å². The van der Waals surface area contributed by atoms with Crippen LogP contribution in [0, 0.1) is 6.92 Å². The molecule has 32 heavy (non-hydrogen) atoms. The van der Waals surface area contributed by atoms with Crippen LogP contribution in [0.2, 0.25) is 0 Å². The maximum absolute atomic E-state index is 13.0. The average Bonchev–Trinajstić information content (AvgIpc) is 3.31. The van der Waals surface area contributed by atoms with E-state index in [1.165, 1.54) is 4.31 Å². The first kappa shape index (κ1) is 20.7. The van der Waals surface area contributed by atoms with Crippen molar-refractivity contribution >= 4 is 43.7 Å². The summed E-state index contributed by atoms with van der Waals surface area (Å²) in [5, 5.41) is 7.45. The van der Waals surface area contributed by atoms with E-state index in [2.05, 4.69) is 10.3 Å². The van der Waals surface area contributed by atoms with Gasteiger partial charge in [0.05, 0.1) is 21.3 Å². The molecule has 1 aliphatic heterocycles. The highest BCUT2D eigenvalue weighted by Gasteiger charge is 2.36. The third-order valence-electron chi connectivity index (χ3n) is 5.57. The van der Waals surface area contributed by atoms with Crippen LogP contribution in [0.4, 0.5) is 5.69 Å². The predicted molar refractivity (Wildman–Crippen MR) is 127 cm³/mol. The van der Waals surface area contributed by atoms with Crippen LogP contribution in [0.15, 0.2) is 70.9 Å². The number of nitrogens with zero attached hydrogens (tertiary/aromatic N) is 2. The first-order valence-corrected chi connectivity index (χ1v) is 12.6. The molecular formula is C24H21N3O3S2. The molecule has 1 N–H and O–H groups in total. The molecule has 2 heterocycles. The lowest BCUT2D eigenvalue weighted by atomic mass is 10.1. The largest absolute Gasteiger partial charge is 0.354 e. The zero-order valence-corrected chi connectivity index (χ0v) is 19.0. The number of hydrogen-bond acceptors (Lipinski definition) is 5. The number of sulfonamides is 1. The Morgan fingerprint density at radius 1 is 1.06 bits per heavy atom. The van der Waals surface area contributed by atoms with Gasteiger partial charge in [0.15, 0.2) is 0 Å². The first-order chi connectivity index (χ1) is 15.4. The molecule has 0 unspecified atom stereocenters. The van der Waals surface area contributed by atoms with Crippen LogP contribution >= 0.6 is 11.3 Å². The monoisotopic (exact) mass is 463 g/mol. The summed E-state index contributed by atoms with van der Waals surface area (Å²) in [5.74, 6) is -0.326. The molecule has 0 bridgehead atoms. The number of carbonyl (C=O) groups excluding carboxylic acids is 1.